The first-order chi connectivity index (χ1) is 21.9. The van der Waals surface area contributed by atoms with E-state index in [0.29, 0.717) is 18.2 Å². The summed E-state index contributed by atoms with van der Waals surface area (Å²) in [5.41, 5.74) is -17.1. The van der Waals surface area contributed by atoms with Crippen LogP contribution in [0.2, 0.25) is 0 Å². The molecule has 1 N–H and O–H groups in total. The van der Waals surface area contributed by atoms with Crippen LogP contribution >= 0.6 is 0 Å². The number of aliphatic hydroxyl groups excluding tert-OH is 1. The Labute approximate surface area is 259 Å². The number of carbonyl (C=O) groups excluding carboxylic acids is 1. The van der Waals surface area contributed by atoms with Gasteiger partial charge in [-0.2, -0.15) is 79.0 Å². The normalized spacial score (nSPS) is 14.3. The number of alkyl halides is 18. The van der Waals surface area contributed by atoms with Gasteiger partial charge in [0.1, 0.15) is 0 Å². The van der Waals surface area contributed by atoms with Gasteiger partial charge in [0.25, 0.3) is 5.78 Å². The van der Waals surface area contributed by atoms with Gasteiger partial charge >= 0.3 is 37.1 Å². The molecule has 3 rings (SSSR count). The lowest BCUT2D eigenvalue weighted by molar-refractivity contribution is -0.167. The van der Waals surface area contributed by atoms with Crippen molar-refractivity contribution >= 4 is 17.7 Å². The van der Waals surface area contributed by atoms with Crippen LogP contribution in [-0.2, 0) is 29.5 Å². The fraction of sp³-hybridized carbons (Fsp3) is 0.214. The van der Waals surface area contributed by atoms with Crippen molar-refractivity contribution in [3.05, 3.63) is 88.2 Å². The maximum absolute atomic E-state index is 13.6. The Balaban J connectivity index is 2.59. The van der Waals surface area contributed by atoms with E-state index in [0.717, 1.165) is 0 Å². The SMILES string of the molecule is O=C(/C(C=Nc1c(-c2cc(C(F)(F)F)cc(C(F)(F)F)c2)cccc1-c1cc(C(F)(F)F)cc(C(F)(F)F)c1)=C(\O)C(F)(F)F)C(F)(F)F. The van der Waals surface area contributed by atoms with Crippen molar-refractivity contribution in [3.8, 4) is 22.3 Å². The zero-order valence-electron chi connectivity index (χ0n) is 22.9. The number of nitrogens with zero attached hydrogens (tertiary/aromatic N) is 1. The molecule has 3 nitrogen and oxygen atoms in total. The van der Waals surface area contributed by atoms with Gasteiger partial charge < -0.3 is 5.11 Å². The average Bonchev–Trinajstić information content (AvgIpc) is 2.93. The quantitative estimate of drug-likeness (QED) is 0.123. The summed E-state index contributed by atoms with van der Waals surface area (Å²) < 4.78 is 242. The minimum Gasteiger partial charge on any atom is -0.504 e. The molecule has 0 bridgehead atoms. The summed E-state index contributed by atoms with van der Waals surface area (Å²) in [5, 5.41) is 9.38. The second-order valence-corrected chi connectivity index (χ2v) is 9.64. The molecule has 0 heterocycles. The van der Waals surface area contributed by atoms with Crippen LogP contribution in [-0.4, -0.2) is 29.5 Å². The summed E-state index contributed by atoms with van der Waals surface area (Å²) in [4.78, 5) is 14.9. The van der Waals surface area contributed by atoms with Crippen LogP contribution in [0, 0.1) is 0 Å². The van der Waals surface area contributed by atoms with E-state index in [2.05, 4.69) is 4.99 Å². The predicted molar refractivity (Wildman–Crippen MR) is 132 cm³/mol. The first-order valence-corrected chi connectivity index (χ1v) is 12.3. The minimum absolute atomic E-state index is 0.0501. The molecule has 0 aliphatic rings. The van der Waals surface area contributed by atoms with Gasteiger partial charge in [-0.3, -0.25) is 9.79 Å². The van der Waals surface area contributed by atoms with Crippen molar-refractivity contribution in [3.63, 3.8) is 0 Å². The summed E-state index contributed by atoms with van der Waals surface area (Å²) >= 11 is 0. The summed E-state index contributed by atoms with van der Waals surface area (Å²) in [6, 6.07) is 0.639. The second kappa shape index (κ2) is 12.6. The molecule has 0 spiro atoms. The van der Waals surface area contributed by atoms with Crippen LogP contribution in [0.25, 0.3) is 22.3 Å². The highest BCUT2D eigenvalue weighted by molar-refractivity contribution is 6.17. The fourth-order valence-electron chi connectivity index (χ4n) is 4.03. The Hall–Kier alpha value is -4.72. The number of benzene rings is 3. The molecule has 3 aromatic carbocycles. The third-order valence-electron chi connectivity index (χ3n) is 6.18. The van der Waals surface area contributed by atoms with E-state index in [1.165, 1.54) is 0 Å². The lowest BCUT2D eigenvalue weighted by Crippen LogP contribution is -2.29. The zero-order valence-corrected chi connectivity index (χ0v) is 22.9. The van der Waals surface area contributed by atoms with Gasteiger partial charge in [0.05, 0.1) is 33.5 Å². The Bertz CT molecular complexity index is 1640. The molecule has 0 aromatic heterocycles. The van der Waals surface area contributed by atoms with Crippen LogP contribution in [0.4, 0.5) is 84.7 Å². The van der Waals surface area contributed by atoms with Gasteiger partial charge in [-0.25, -0.2) is 0 Å². The number of para-hydroxylation sites is 1. The first-order valence-electron chi connectivity index (χ1n) is 12.3. The maximum atomic E-state index is 13.6. The Morgan fingerprint density at radius 1 is 0.531 bits per heavy atom. The van der Waals surface area contributed by atoms with Crippen molar-refractivity contribution in [1.82, 2.24) is 0 Å². The minimum atomic E-state index is -6.20. The molecule has 0 aliphatic carbocycles. The lowest BCUT2D eigenvalue weighted by atomic mass is 9.92. The number of Topliss-reactive ketones (excluding diaryl/α,β-unsaturated/α-hetero) is 1. The maximum Gasteiger partial charge on any atom is 0.455 e. The molecule has 3 aromatic rings. The highest BCUT2D eigenvalue weighted by Crippen LogP contribution is 2.46. The average molecular weight is 735 g/mol. The Morgan fingerprint density at radius 3 is 1.12 bits per heavy atom. The van der Waals surface area contributed by atoms with Gasteiger partial charge in [0, 0.05) is 17.3 Å². The number of hydrogen-bond acceptors (Lipinski definition) is 3. The van der Waals surface area contributed by atoms with Gasteiger partial charge in [-0.15, -0.1) is 0 Å². The Kier molecular flexibility index (Phi) is 9.98. The summed E-state index contributed by atoms with van der Waals surface area (Å²) in [5.74, 6) is -6.73. The van der Waals surface area contributed by atoms with Gasteiger partial charge in [0.15, 0.2) is 0 Å². The molecule has 21 heteroatoms. The van der Waals surface area contributed by atoms with Crippen LogP contribution in [0.1, 0.15) is 22.3 Å². The standard InChI is InChI=1S/C28H11F18NO2/c29-23(30,31)13-4-11(5-14(8-13)24(32,33)34)17-2-1-3-18(12-6-15(25(35,36)37)9-16(7-12)26(38,39)40)20(17)47-10-19(21(48)27(41,42)43)22(49)28(44,45)46/h1-10,48H/b21-19-,47-10?. The number of aliphatic imine (C=N–C) groups is 1. The number of rotatable bonds is 5. The number of carbonyl (C=O) groups is 1. The summed E-state index contributed by atoms with van der Waals surface area (Å²) in [7, 11) is 0. The van der Waals surface area contributed by atoms with E-state index >= 15 is 0 Å². The molecule has 0 radical (unpaired) electrons. The molecule has 0 atom stereocenters. The van der Waals surface area contributed by atoms with E-state index in [1.54, 1.807) is 0 Å². The summed E-state index contributed by atoms with van der Waals surface area (Å²) in [6.07, 6.45) is -35.3. The van der Waals surface area contributed by atoms with Crippen molar-refractivity contribution in [2.45, 2.75) is 37.1 Å². The van der Waals surface area contributed by atoms with E-state index in [4.69, 9.17) is 0 Å². The molecule has 0 saturated carbocycles. The third-order valence-corrected chi connectivity index (χ3v) is 6.18. The van der Waals surface area contributed by atoms with E-state index in [1.807, 2.05) is 0 Å². The monoisotopic (exact) mass is 735 g/mol. The largest absolute Gasteiger partial charge is 0.504 e. The van der Waals surface area contributed by atoms with E-state index in [-0.39, 0.29) is 24.3 Å². The van der Waals surface area contributed by atoms with Crippen molar-refractivity contribution < 1.29 is 88.9 Å². The number of allylic oxidation sites excluding steroid dienone is 2. The highest BCUT2D eigenvalue weighted by atomic mass is 19.4. The molecular formula is C28H11F18NO2. The van der Waals surface area contributed by atoms with Crippen LogP contribution in [0.15, 0.2) is 70.9 Å². The van der Waals surface area contributed by atoms with Gasteiger partial charge in [-0.05, 0) is 47.5 Å². The molecule has 0 fully saturated rings. The van der Waals surface area contributed by atoms with Crippen molar-refractivity contribution in [2.24, 2.45) is 4.99 Å². The molecule has 0 unspecified atom stereocenters. The molecule has 0 saturated heterocycles. The first kappa shape index (κ1) is 38.7. The van der Waals surface area contributed by atoms with Gasteiger partial charge in [-0.1, -0.05) is 18.2 Å². The molecular weight excluding hydrogens is 724 g/mol. The molecule has 0 aliphatic heterocycles. The van der Waals surface area contributed by atoms with Gasteiger partial charge in [0.2, 0.25) is 5.76 Å². The number of halogens is 18. The lowest BCUT2D eigenvalue weighted by Gasteiger charge is -2.18. The van der Waals surface area contributed by atoms with Crippen molar-refractivity contribution in [1.29, 1.82) is 0 Å². The second-order valence-electron chi connectivity index (χ2n) is 9.64. The van der Waals surface area contributed by atoms with Crippen LogP contribution in [0.5, 0.6) is 0 Å². The molecule has 49 heavy (non-hydrogen) atoms. The number of ketones is 1. The smallest absolute Gasteiger partial charge is 0.455 e. The number of aliphatic hydroxyl groups is 1. The number of hydrogen-bond donors (Lipinski definition) is 1. The Morgan fingerprint density at radius 2 is 0.857 bits per heavy atom. The van der Waals surface area contributed by atoms with Crippen LogP contribution in [0.3, 0.4) is 0 Å². The molecule has 266 valence electrons. The fourth-order valence-corrected chi connectivity index (χ4v) is 4.03. The van der Waals surface area contributed by atoms with E-state index < -0.39 is 123 Å². The predicted octanol–water partition coefficient (Wildman–Crippen LogP) is 11.3. The van der Waals surface area contributed by atoms with Crippen molar-refractivity contribution in [2.75, 3.05) is 0 Å². The topological polar surface area (TPSA) is 49.7 Å². The third kappa shape index (κ3) is 9.05. The highest BCUT2D eigenvalue weighted by Gasteiger charge is 2.47. The molecule has 0 amide bonds. The summed E-state index contributed by atoms with van der Waals surface area (Å²) in [6.45, 7) is 0. The zero-order chi connectivity index (χ0) is 37.7. The van der Waals surface area contributed by atoms with E-state index in [9.17, 15) is 88.9 Å². The van der Waals surface area contributed by atoms with Crippen LogP contribution < -0.4 is 0 Å².